The molecule has 0 N–H and O–H groups in total. The van der Waals surface area contributed by atoms with Crippen LogP contribution in [0.5, 0.6) is 0 Å². The Balaban J connectivity index is 1.55. The molecule has 4 aliphatic rings. The Hall–Kier alpha value is -0.240. The van der Waals surface area contributed by atoms with Gasteiger partial charge in [0.1, 0.15) is 18.3 Å². The molecule has 0 bridgehead atoms. The van der Waals surface area contributed by atoms with Crippen LogP contribution in [0, 0.1) is 0 Å². The molecule has 4 fully saturated rings. The minimum atomic E-state index is -0.619. The SMILES string of the molecule is CC1(C)OCC(C2OC3OC(C)(C)OC3C23CO3)O1. The predicted octanol–water partition coefficient (Wildman–Crippen LogP) is 0.783. The van der Waals surface area contributed by atoms with Gasteiger partial charge in [0.05, 0.1) is 13.2 Å². The van der Waals surface area contributed by atoms with E-state index in [2.05, 4.69) is 0 Å². The van der Waals surface area contributed by atoms with Crippen molar-refractivity contribution >= 4 is 0 Å². The minimum absolute atomic E-state index is 0.140. The van der Waals surface area contributed by atoms with Crippen LogP contribution in [0.4, 0.5) is 0 Å². The van der Waals surface area contributed by atoms with Gasteiger partial charge in [0.2, 0.25) is 0 Å². The molecule has 6 heteroatoms. The second kappa shape index (κ2) is 3.50. The molecule has 4 rings (SSSR count). The summed E-state index contributed by atoms with van der Waals surface area (Å²) in [6, 6.07) is 0. The monoisotopic (exact) mass is 272 g/mol. The van der Waals surface area contributed by atoms with E-state index in [0.29, 0.717) is 13.2 Å². The van der Waals surface area contributed by atoms with E-state index in [0.717, 1.165) is 0 Å². The topological polar surface area (TPSA) is 58.7 Å². The maximum atomic E-state index is 6.00. The predicted molar refractivity (Wildman–Crippen MR) is 62.3 cm³/mol. The summed E-state index contributed by atoms with van der Waals surface area (Å²) in [5.74, 6) is -1.19. The van der Waals surface area contributed by atoms with Crippen molar-refractivity contribution in [3.05, 3.63) is 0 Å². The first-order valence-electron chi connectivity index (χ1n) is 6.78. The Labute approximate surface area is 112 Å². The zero-order valence-electron chi connectivity index (χ0n) is 11.7. The van der Waals surface area contributed by atoms with E-state index in [-0.39, 0.29) is 24.6 Å². The van der Waals surface area contributed by atoms with Crippen LogP contribution >= 0.6 is 0 Å². The quantitative estimate of drug-likeness (QED) is 0.658. The molecule has 0 amide bonds. The van der Waals surface area contributed by atoms with Gasteiger partial charge in [-0.3, -0.25) is 0 Å². The molecule has 108 valence electrons. The fraction of sp³-hybridized carbons (Fsp3) is 1.00. The van der Waals surface area contributed by atoms with Crippen molar-refractivity contribution in [2.45, 2.75) is 69.5 Å². The summed E-state index contributed by atoms with van der Waals surface area (Å²) in [6.07, 6.45) is -0.895. The van der Waals surface area contributed by atoms with Crippen molar-refractivity contribution < 1.29 is 28.4 Å². The van der Waals surface area contributed by atoms with Gasteiger partial charge in [0.25, 0.3) is 0 Å². The Morgan fingerprint density at radius 3 is 2.16 bits per heavy atom. The summed E-state index contributed by atoms with van der Waals surface area (Å²) in [5.41, 5.74) is -0.424. The van der Waals surface area contributed by atoms with E-state index in [1.807, 2.05) is 27.7 Å². The molecule has 0 aromatic rings. The summed E-state index contributed by atoms with van der Waals surface area (Å²) in [5, 5.41) is 0. The Morgan fingerprint density at radius 1 is 0.842 bits per heavy atom. The van der Waals surface area contributed by atoms with Crippen molar-refractivity contribution in [2.24, 2.45) is 0 Å². The van der Waals surface area contributed by atoms with Crippen LogP contribution in [-0.2, 0) is 28.4 Å². The molecule has 5 atom stereocenters. The van der Waals surface area contributed by atoms with Gasteiger partial charge < -0.3 is 28.4 Å². The molecule has 4 saturated heterocycles. The lowest BCUT2D eigenvalue weighted by Crippen LogP contribution is -2.45. The third-order valence-electron chi connectivity index (χ3n) is 4.15. The van der Waals surface area contributed by atoms with Crippen LogP contribution in [0.1, 0.15) is 27.7 Å². The fourth-order valence-corrected chi connectivity index (χ4v) is 3.26. The van der Waals surface area contributed by atoms with Crippen LogP contribution in [-0.4, -0.2) is 55.0 Å². The largest absolute Gasteiger partial charge is 0.364 e. The molecule has 0 aromatic heterocycles. The summed E-state index contributed by atoms with van der Waals surface area (Å²) < 4.78 is 34.9. The normalized spacial score (nSPS) is 53.7. The fourth-order valence-electron chi connectivity index (χ4n) is 3.26. The molecule has 4 heterocycles. The third kappa shape index (κ3) is 1.78. The first kappa shape index (κ1) is 12.5. The van der Waals surface area contributed by atoms with Gasteiger partial charge in [0.15, 0.2) is 23.5 Å². The molecule has 1 spiro atoms. The summed E-state index contributed by atoms with van der Waals surface area (Å²) in [4.78, 5) is 0. The van der Waals surface area contributed by atoms with Gasteiger partial charge in [-0.1, -0.05) is 0 Å². The molecule has 0 aromatic carbocycles. The Bertz CT molecular complexity index is 402. The first-order chi connectivity index (χ1) is 8.81. The van der Waals surface area contributed by atoms with Crippen LogP contribution in [0.15, 0.2) is 0 Å². The second-order valence-corrected chi connectivity index (χ2v) is 6.59. The van der Waals surface area contributed by atoms with E-state index < -0.39 is 17.2 Å². The van der Waals surface area contributed by atoms with Crippen molar-refractivity contribution in [3.63, 3.8) is 0 Å². The highest BCUT2D eigenvalue weighted by Gasteiger charge is 2.73. The highest BCUT2D eigenvalue weighted by Crippen LogP contribution is 2.53. The van der Waals surface area contributed by atoms with Gasteiger partial charge in [0, 0.05) is 0 Å². The molecule has 5 unspecified atom stereocenters. The first-order valence-corrected chi connectivity index (χ1v) is 6.78. The number of epoxide rings is 1. The summed E-state index contributed by atoms with van der Waals surface area (Å²) in [7, 11) is 0. The molecular weight excluding hydrogens is 252 g/mol. The number of fused-ring (bicyclic) bond motifs is 2. The van der Waals surface area contributed by atoms with Crippen molar-refractivity contribution in [2.75, 3.05) is 13.2 Å². The number of hydrogen-bond donors (Lipinski definition) is 0. The minimum Gasteiger partial charge on any atom is -0.364 e. The molecule has 4 aliphatic heterocycles. The number of ether oxygens (including phenoxy) is 6. The van der Waals surface area contributed by atoms with Crippen LogP contribution < -0.4 is 0 Å². The smallest absolute Gasteiger partial charge is 0.190 e. The van der Waals surface area contributed by atoms with Crippen molar-refractivity contribution in [1.29, 1.82) is 0 Å². The molecule has 6 nitrogen and oxygen atoms in total. The summed E-state index contributed by atoms with van der Waals surface area (Å²) in [6.45, 7) is 8.71. The molecule has 0 aliphatic carbocycles. The molecular formula is C13H20O6. The molecule has 0 saturated carbocycles. The van der Waals surface area contributed by atoms with Gasteiger partial charge in [-0.15, -0.1) is 0 Å². The molecule has 19 heavy (non-hydrogen) atoms. The van der Waals surface area contributed by atoms with Gasteiger partial charge in [-0.2, -0.15) is 0 Å². The number of rotatable bonds is 1. The lowest BCUT2D eigenvalue weighted by atomic mass is 9.95. The van der Waals surface area contributed by atoms with Gasteiger partial charge >= 0.3 is 0 Å². The highest BCUT2D eigenvalue weighted by atomic mass is 16.9. The zero-order chi connectivity index (χ0) is 13.5. The second-order valence-electron chi connectivity index (χ2n) is 6.59. The van der Waals surface area contributed by atoms with E-state index >= 15 is 0 Å². The Kier molecular flexibility index (Phi) is 2.30. The Morgan fingerprint density at radius 2 is 1.58 bits per heavy atom. The zero-order valence-corrected chi connectivity index (χ0v) is 11.7. The lowest BCUT2D eigenvalue weighted by molar-refractivity contribution is -0.228. The molecule has 0 radical (unpaired) electrons. The highest BCUT2D eigenvalue weighted by molar-refractivity contribution is 5.16. The standard InChI is InChI=1S/C13H20O6/c1-11(2)14-5-7(17-11)8-13(6-15-13)9-10(16-8)19-12(3,4)18-9/h7-10H,5-6H2,1-4H3. The van der Waals surface area contributed by atoms with Crippen molar-refractivity contribution in [1.82, 2.24) is 0 Å². The van der Waals surface area contributed by atoms with E-state index in [1.165, 1.54) is 0 Å². The summed E-state index contributed by atoms with van der Waals surface area (Å²) >= 11 is 0. The van der Waals surface area contributed by atoms with Gasteiger partial charge in [-0.25, -0.2) is 0 Å². The number of hydrogen-bond acceptors (Lipinski definition) is 6. The van der Waals surface area contributed by atoms with Gasteiger partial charge in [-0.05, 0) is 27.7 Å². The van der Waals surface area contributed by atoms with Crippen LogP contribution in [0.2, 0.25) is 0 Å². The lowest BCUT2D eigenvalue weighted by Gasteiger charge is -2.27. The van der Waals surface area contributed by atoms with E-state index in [1.54, 1.807) is 0 Å². The third-order valence-corrected chi connectivity index (χ3v) is 4.15. The van der Waals surface area contributed by atoms with E-state index in [4.69, 9.17) is 28.4 Å². The maximum Gasteiger partial charge on any atom is 0.190 e. The van der Waals surface area contributed by atoms with E-state index in [9.17, 15) is 0 Å². The average molecular weight is 272 g/mol. The van der Waals surface area contributed by atoms with Crippen LogP contribution in [0.3, 0.4) is 0 Å². The maximum absolute atomic E-state index is 6.00. The average Bonchev–Trinajstić information content (AvgIpc) is 2.82. The van der Waals surface area contributed by atoms with Crippen LogP contribution in [0.25, 0.3) is 0 Å². The van der Waals surface area contributed by atoms with Crippen molar-refractivity contribution in [3.8, 4) is 0 Å².